The summed E-state index contributed by atoms with van der Waals surface area (Å²) in [5.41, 5.74) is 0.935. The van der Waals surface area contributed by atoms with Gasteiger partial charge < -0.3 is 0 Å². The summed E-state index contributed by atoms with van der Waals surface area (Å²) in [6.07, 6.45) is -1.74. The van der Waals surface area contributed by atoms with E-state index in [9.17, 15) is 8.78 Å². The third-order valence-electron chi connectivity index (χ3n) is 2.66. The molecule has 16 heavy (non-hydrogen) atoms. The zero-order valence-electron chi connectivity index (χ0n) is 8.81. The largest absolute Gasteiger partial charge is 0.263 e. The van der Waals surface area contributed by atoms with Crippen LogP contribution in [0.15, 0.2) is 30.3 Å². The molecule has 3 heteroatoms. The number of fused-ring (bicyclic) bond motifs is 1. The average molecular weight is 241 g/mol. The van der Waals surface area contributed by atoms with Gasteiger partial charge in [0, 0.05) is 16.0 Å². The van der Waals surface area contributed by atoms with Gasteiger partial charge in [-0.25, -0.2) is 8.78 Å². The Kier molecular flexibility index (Phi) is 3.10. The van der Waals surface area contributed by atoms with Crippen molar-refractivity contribution in [3.05, 3.63) is 46.5 Å². The standard InChI is InChI=1S/C13H11ClF2/c1-2-8-6-10(13(15)16)7-9-4-3-5-11(14)12(8)9/h3-7,13H,2H2,1H3. The molecule has 84 valence electrons. The van der Waals surface area contributed by atoms with E-state index in [0.717, 1.165) is 16.3 Å². The van der Waals surface area contributed by atoms with Crippen LogP contribution < -0.4 is 0 Å². The van der Waals surface area contributed by atoms with Crippen molar-refractivity contribution in [2.45, 2.75) is 19.8 Å². The fraction of sp³-hybridized carbons (Fsp3) is 0.231. The second-order valence-electron chi connectivity index (χ2n) is 3.67. The van der Waals surface area contributed by atoms with Crippen LogP contribution in [-0.4, -0.2) is 0 Å². The Bertz CT molecular complexity index is 521. The predicted octanol–water partition coefficient (Wildman–Crippen LogP) is 4.99. The second kappa shape index (κ2) is 4.38. The van der Waals surface area contributed by atoms with Crippen molar-refractivity contribution in [2.24, 2.45) is 0 Å². The number of rotatable bonds is 2. The molecule has 0 atom stereocenters. The van der Waals surface area contributed by atoms with Gasteiger partial charge in [-0.1, -0.05) is 30.7 Å². The molecule has 0 aliphatic heterocycles. The number of aryl methyl sites for hydroxylation is 1. The van der Waals surface area contributed by atoms with Gasteiger partial charge in [-0.2, -0.15) is 0 Å². The van der Waals surface area contributed by atoms with E-state index in [1.165, 1.54) is 6.07 Å². The van der Waals surface area contributed by atoms with E-state index >= 15 is 0 Å². The molecule has 0 bridgehead atoms. The summed E-state index contributed by atoms with van der Waals surface area (Å²) in [4.78, 5) is 0. The highest BCUT2D eigenvalue weighted by Crippen LogP contribution is 2.31. The summed E-state index contributed by atoms with van der Waals surface area (Å²) in [6.45, 7) is 1.94. The fourth-order valence-corrected chi connectivity index (χ4v) is 2.20. The number of alkyl halides is 2. The van der Waals surface area contributed by atoms with E-state index < -0.39 is 6.43 Å². The van der Waals surface area contributed by atoms with Crippen molar-refractivity contribution < 1.29 is 8.78 Å². The highest BCUT2D eigenvalue weighted by Gasteiger charge is 2.12. The van der Waals surface area contributed by atoms with Crippen LogP contribution in [-0.2, 0) is 6.42 Å². The van der Waals surface area contributed by atoms with Crippen LogP contribution in [0.4, 0.5) is 8.78 Å². The van der Waals surface area contributed by atoms with Gasteiger partial charge in [0.25, 0.3) is 6.43 Å². The Morgan fingerprint density at radius 2 is 2.00 bits per heavy atom. The number of hydrogen-bond acceptors (Lipinski definition) is 0. The lowest BCUT2D eigenvalue weighted by molar-refractivity contribution is 0.151. The molecule has 0 N–H and O–H groups in total. The number of hydrogen-bond donors (Lipinski definition) is 0. The first-order valence-electron chi connectivity index (χ1n) is 5.12. The van der Waals surface area contributed by atoms with Crippen LogP contribution in [0, 0.1) is 0 Å². The molecule has 0 amide bonds. The third-order valence-corrected chi connectivity index (χ3v) is 2.98. The second-order valence-corrected chi connectivity index (χ2v) is 4.08. The van der Waals surface area contributed by atoms with Gasteiger partial charge in [0.15, 0.2) is 0 Å². The molecule has 0 aromatic heterocycles. The Morgan fingerprint density at radius 3 is 2.62 bits per heavy atom. The minimum Gasteiger partial charge on any atom is -0.205 e. The first-order valence-corrected chi connectivity index (χ1v) is 5.50. The molecule has 0 fully saturated rings. The molecule has 0 saturated carbocycles. The van der Waals surface area contributed by atoms with E-state index in [0.29, 0.717) is 11.4 Å². The molecule has 0 aliphatic carbocycles. The highest BCUT2D eigenvalue weighted by molar-refractivity contribution is 6.35. The normalized spacial score (nSPS) is 11.3. The molecule has 2 rings (SSSR count). The Hall–Kier alpha value is -1.15. The van der Waals surface area contributed by atoms with E-state index in [-0.39, 0.29) is 5.56 Å². The Labute approximate surface area is 97.8 Å². The minimum atomic E-state index is -2.44. The quantitative estimate of drug-likeness (QED) is 0.694. The van der Waals surface area contributed by atoms with Gasteiger partial charge in [-0.05, 0) is 35.6 Å². The first-order chi connectivity index (χ1) is 7.63. The zero-order valence-corrected chi connectivity index (χ0v) is 9.56. The van der Waals surface area contributed by atoms with Crippen molar-refractivity contribution >= 4 is 22.4 Å². The van der Waals surface area contributed by atoms with E-state index in [1.54, 1.807) is 18.2 Å². The molecular formula is C13H11ClF2. The molecule has 0 radical (unpaired) electrons. The van der Waals surface area contributed by atoms with Gasteiger partial charge in [-0.3, -0.25) is 0 Å². The third kappa shape index (κ3) is 1.90. The highest BCUT2D eigenvalue weighted by atomic mass is 35.5. The van der Waals surface area contributed by atoms with Gasteiger partial charge in [-0.15, -0.1) is 0 Å². The molecule has 0 aliphatic rings. The summed E-state index contributed by atoms with van der Waals surface area (Å²) >= 11 is 6.09. The summed E-state index contributed by atoms with van der Waals surface area (Å²) in [5.74, 6) is 0. The summed E-state index contributed by atoms with van der Waals surface area (Å²) in [7, 11) is 0. The number of benzene rings is 2. The Balaban J connectivity index is 2.78. The molecule has 0 unspecified atom stereocenters. The van der Waals surface area contributed by atoms with E-state index in [1.807, 2.05) is 13.0 Å². The molecule has 2 aromatic rings. The summed E-state index contributed by atoms with van der Waals surface area (Å²) in [5, 5.41) is 2.29. The summed E-state index contributed by atoms with van der Waals surface area (Å²) in [6, 6.07) is 8.42. The monoisotopic (exact) mass is 240 g/mol. The van der Waals surface area contributed by atoms with Crippen LogP contribution in [0.25, 0.3) is 10.8 Å². The smallest absolute Gasteiger partial charge is 0.205 e. The average Bonchev–Trinajstić information content (AvgIpc) is 2.27. The maximum atomic E-state index is 12.7. The van der Waals surface area contributed by atoms with E-state index in [2.05, 4.69) is 0 Å². The van der Waals surface area contributed by atoms with Crippen LogP contribution >= 0.6 is 11.6 Å². The fourth-order valence-electron chi connectivity index (χ4n) is 1.90. The molecule has 2 aromatic carbocycles. The van der Waals surface area contributed by atoms with Crippen molar-refractivity contribution in [3.63, 3.8) is 0 Å². The minimum absolute atomic E-state index is 0.0617. The van der Waals surface area contributed by atoms with Crippen molar-refractivity contribution in [1.82, 2.24) is 0 Å². The van der Waals surface area contributed by atoms with Crippen LogP contribution in [0.2, 0.25) is 5.02 Å². The van der Waals surface area contributed by atoms with Crippen LogP contribution in [0.3, 0.4) is 0 Å². The van der Waals surface area contributed by atoms with Gasteiger partial charge in [0.05, 0.1) is 0 Å². The molecule has 0 heterocycles. The lowest BCUT2D eigenvalue weighted by Gasteiger charge is -2.09. The molecule has 0 nitrogen and oxygen atoms in total. The van der Waals surface area contributed by atoms with Crippen molar-refractivity contribution in [1.29, 1.82) is 0 Å². The van der Waals surface area contributed by atoms with Crippen LogP contribution in [0.1, 0.15) is 24.5 Å². The topological polar surface area (TPSA) is 0 Å². The predicted molar refractivity (Wildman–Crippen MR) is 63.3 cm³/mol. The molecular weight excluding hydrogens is 230 g/mol. The molecule has 0 saturated heterocycles. The summed E-state index contributed by atoms with van der Waals surface area (Å²) < 4.78 is 25.4. The maximum absolute atomic E-state index is 12.7. The van der Waals surface area contributed by atoms with Crippen LogP contribution in [0.5, 0.6) is 0 Å². The SMILES string of the molecule is CCc1cc(C(F)F)cc2cccc(Cl)c12. The maximum Gasteiger partial charge on any atom is 0.263 e. The van der Waals surface area contributed by atoms with E-state index in [4.69, 9.17) is 11.6 Å². The van der Waals surface area contributed by atoms with Crippen molar-refractivity contribution in [3.8, 4) is 0 Å². The Morgan fingerprint density at radius 1 is 1.25 bits per heavy atom. The van der Waals surface area contributed by atoms with Crippen molar-refractivity contribution in [2.75, 3.05) is 0 Å². The zero-order chi connectivity index (χ0) is 11.7. The lowest BCUT2D eigenvalue weighted by Crippen LogP contribution is -1.91. The molecule has 0 spiro atoms. The number of halogens is 3. The lowest BCUT2D eigenvalue weighted by atomic mass is 9.99. The van der Waals surface area contributed by atoms with Gasteiger partial charge in [0.1, 0.15) is 0 Å². The first kappa shape index (κ1) is 11.3. The van der Waals surface area contributed by atoms with Gasteiger partial charge >= 0.3 is 0 Å². The van der Waals surface area contributed by atoms with Gasteiger partial charge in [0.2, 0.25) is 0 Å².